The number of aromatic nitrogens is 1. The van der Waals surface area contributed by atoms with E-state index in [1.807, 2.05) is 0 Å². The molecule has 14 heavy (non-hydrogen) atoms. The molecule has 0 fully saturated rings. The summed E-state index contributed by atoms with van der Waals surface area (Å²) in [6, 6.07) is 1.10. The van der Waals surface area contributed by atoms with Gasteiger partial charge in [-0.15, -0.1) is 0 Å². The molecule has 0 spiro atoms. The fourth-order valence-electron chi connectivity index (χ4n) is 1.00. The standard InChI is InChI=1S/C8H7F2NO3/c1-14-6-4(8(12)13)2-3-11-5(6)7(9)10/h2-3,7H,1H3,(H,12,13). The van der Waals surface area contributed by atoms with Crippen molar-refractivity contribution in [3.05, 3.63) is 23.5 Å². The highest BCUT2D eigenvalue weighted by Crippen LogP contribution is 2.29. The first-order valence-electron chi connectivity index (χ1n) is 3.62. The van der Waals surface area contributed by atoms with Crippen LogP contribution in [-0.2, 0) is 0 Å². The van der Waals surface area contributed by atoms with Crippen molar-refractivity contribution in [1.29, 1.82) is 0 Å². The van der Waals surface area contributed by atoms with E-state index in [2.05, 4.69) is 9.72 Å². The largest absolute Gasteiger partial charge is 0.494 e. The van der Waals surface area contributed by atoms with Crippen LogP contribution in [0.15, 0.2) is 12.3 Å². The maximum atomic E-state index is 12.3. The van der Waals surface area contributed by atoms with Gasteiger partial charge in [0.1, 0.15) is 11.3 Å². The summed E-state index contributed by atoms with van der Waals surface area (Å²) >= 11 is 0. The molecular weight excluding hydrogens is 196 g/mol. The molecule has 1 rings (SSSR count). The number of methoxy groups -OCH3 is 1. The third-order valence-corrected chi connectivity index (χ3v) is 1.57. The minimum absolute atomic E-state index is 0.321. The molecular formula is C8H7F2NO3. The van der Waals surface area contributed by atoms with Crippen LogP contribution in [0.25, 0.3) is 0 Å². The molecule has 4 nitrogen and oxygen atoms in total. The Bertz CT molecular complexity index is 354. The number of alkyl halides is 2. The van der Waals surface area contributed by atoms with Gasteiger partial charge in [0.25, 0.3) is 6.43 Å². The Kier molecular flexibility index (Phi) is 2.95. The fourth-order valence-corrected chi connectivity index (χ4v) is 1.00. The summed E-state index contributed by atoms with van der Waals surface area (Å²) < 4.78 is 29.2. The lowest BCUT2D eigenvalue weighted by Gasteiger charge is -2.08. The Morgan fingerprint density at radius 1 is 1.64 bits per heavy atom. The summed E-state index contributed by atoms with van der Waals surface area (Å²) in [5, 5.41) is 8.65. The maximum absolute atomic E-state index is 12.3. The van der Waals surface area contributed by atoms with E-state index in [9.17, 15) is 13.6 Å². The van der Waals surface area contributed by atoms with Crippen LogP contribution in [0.2, 0.25) is 0 Å². The van der Waals surface area contributed by atoms with E-state index in [1.165, 1.54) is 0 Å². The number of aromatic carboxylic acids is 1. The normalized spacial score (nSPS) is 10.3. The Balaban J connectivity index is 3.32. The van der Waals surface area contributed by atoms with Crippen LogP contribution in [0.5, 0.6) is 5.75 Å². The first-order chi connectivity index (χ1) is 6.57. The number of hydrogen-bond acceptors (Lipinski definition) is 3. The van der Waals surface area contributed by atoms with Gasteiger partial charge < -0.3 is 9.84 Å². The van der Waals surface area contributed by atoms with Gasteiger partial charge >= 0.3 is 5.97 Å². The second-order valence-corrected chi connectivity index (χ2v) is 2.38. The molecule has 0 aliphatic heterocycles. The third kappa shape index (κ3) is 1.78. The lowest BCUT2D eigenvalue weighted by Crippen LogP contribution is -2.05. The number of ether oxygens (including phenoxy) is 1. The molecule has 0 aliphatic carbocycles. The summed E-state index contributed by atoms with van der Waals surface area (Å²) in [6.07, 6.45) is -1.85. The predicted octanol–water partition coefficient (Wildman–Crippen LogP) is 1.73. The fraction of sp³-hybridized carbons (Fsp3) is 0.250. The molecule has 0 unspecified atom stereocenters. The minimum Gasteiger partial charge on any atom is -0.494 e. The molecule has 0 saturated heterocycles. The van der Waals surface area contributed by atoms with Crippen molar-refractivity contribution in [3.8, 4) is 5.75 Å². The van der Waals surface area contributed by atoms with Gasteiger partial charge in [-0.05, 0) is 6.07 Å². The number of carbonyl (C=O) groups is 1. The monoisotopic (exact) mass is 203 g/mol. The molecule has 1 heterocycles. The van der Waals surface area contributed by atoms with Crippen LogP contribution in [0.4, 0.5) is 8.78 Å². The van der Waals surface area contributed by atoms with E-state index in [1.54, 1.807) is 0 Å². The van der Waals surface area contributed by atoms with Crippen molar-refractivity contribution in [2.45, 2.75) is 6.43 Å². The van der Waals surface area contributed by atoms with E-state index in [0.29, 0.717) is 0 Å². The van der Waals surface area contributed by atoms with Crippen LogP contribution < -0.4 is 4.74 Å². The van der Waals surface area contributed by atoms with Gasteiger partial charge in [-0.3, -0.25) is 4.98 Å². The van der Waals surface area contributed by atoms with Gasteiger partial charge in [-0.1, -0.05) is 0 Å². The van der Waals surface area contributed by atoms with Crippen molar-refractivity contribution in [2.75, 3.05) is 7.11 Å². The maximum Gasteiger partial charge on any atom is 0.339 e. The second kappa shape index (κ2) is 3.99. The summed E-state index contributed by atoms with van der Waals surface area (Å²) in [7, 11) is 1.12. The summed E-state index contributed by atoms with van der Waals surface area (Å²) in [5.74, 6) is -1.72. The average Bonchev–Trinajstić information content (AvgIpc) is 2.16. The minimum atomic E-state index is -2.86. The van der Waals surface area contributed by atoms with Crippen LogP contribution in [0.1, 0.15) is 22.5 Å². The molecule has 76 valence electrons. The molecule has 0 aliphatic rings. The Hall–Kier alpha value is -1.72. The van der Waals surface area contributed by atoms with E-state index in [-0.39, 0.29) is 5.56 Å². The Labute approximate surface area is 78.1 Å². The number of rotatable bonds is 3. The molecule has 0 radical (unpaired) electrons. The van der Waals surface area contributed by atoms with E-state index in [0.717, 1.165) is 19.4 Å². The van der Waals surface area contributed by atoms with Crippen LogP contribution in [-0.4, -0.2) is 23.2 Å². The number of nitrogens with zero attached hydrogens (tertiary/aromatic N) is 1. The van der Waals surface area contributed by atoms with Gasteiger partial charge in [-0.25, -0.2) is 13.6 Å². The third-order valence-electron chi connectivity index (χ3n) is 1.57. The number of halogens is 2. The Morgan fingerprint density at radius 3 is 2.71 bits per heavy atom. The van der Waals surface area contributed by atoms with Gasteiger partial charge in [0, 0.05) is 6.20 Å². The summed E-state index contributed by atoms with van der Waals surface area (Å²) in [4.78, 5) is 14.0. The first kappa shape index (κ1) is 10.4. The zero-order valence-electron chi connectivity index (χ0n) is 7.20. The highest BCUT2D eigenvalue weighted by Gasteiger charge is 2.21. The van der Waals surface area contributed by atoms with E-state index < -0.39 is 23.8 Å². The van der Waals surface area contributed by atoms with Crippen LogP contribution >= 0.6 is 0 Å². The van der Waals surface area contributed by atoms with Crippen molar-refractivity contribution >= 4 is 5.97 Å². The highest BCUT2D eigenvalue weighted by molar-refractivity contribution is 5.91. The quantitative estimate of drug-likeness (QED) is 0.812. The lowest BCUT2D eigenvalue weighted by atomic mass is 10.2. The molecule has 0 saturated carbocycles. The Morgan fingerprint density at radius 2 is 2.29 bits per heavy atom. The molecule has 0 amide bonds. The average molecular weight is 203 g/mol. The summed E-state index contributed by atoms with van der Waals surface area (Å²) in [5.41, 5.74) is -0.981. The topological polar surface area (TPSA) is 59.4 Å². The van der Waals surface area contributed by atoms with Crippen molar-refractivity contribution in [2.24, 2.45) is 0 Å². The number of pyridine rings is 1. The van der Waals surface area contributed by atoms with Crippen molar-refractivity contribution in [1.82, 2.24) is 4.98 Å². The lowest BCUT2D eigenvalue weighted by molar-refractivity contribution is 0.0691. The van der Waals surface area contributed by atoms with Crippen LogP contribution in [0, 0.1) is 0 Å². The van der Waals surface area contributed by atoms with Gasteiger partial charge in [0.2, 0.25) is 0 Å². The van der Waals surface area contributed by atoms with E-state index >= 15 is 0 Å². The molecule has 0 bridgehead atoms. The molecule has 6 heteroatoms. The molecule has 0 atom stereocenters. The van der Waals surface area contributed by atoms with Gasteiger partial charge in [-0.2, -0.15) is 0 Å². The SMILES string of the molecule is COc1c(C(=O)O)ccnc1C(F)F. The van der Waals surface area contributed by atoms with Gasteiger partial charge in [0.05, 0.1) is 7.11 Å². The molecule has 0 aromatic carbocycles. The first-order valence-corrected chi connectivity index (χ1v) is 3.62. The van der Waals surface area contributed by atoms with Gasteiger partial charge in [0.15, 0.2) is 5.75 Å². The summed E-state index contributed by atoms with van der Waals surface area (Å²) in [6.45, 7) is 0. The zero-order valence-corrected chi connectivity index (χ0v) is 7.20. The number of carboxylic acids is 1. The van der Waals surface area contributed by atoms with Crippen molar-refractivity contribution < 1.29 is 23.4 Å². The second-order valence-electron chi connectivity index (χ2n) is 2.38. The molecule has 1 aromatic heterocycles. The molecule has 1 N–H and O–H groups in total. The number of hydrogen-bond donors (Lipinski definition) is 1. The zero-order chi connectivity index (χ0) is 10.7. The van der Waals surface area contributed by atoms with Crippen molar-refractivity contribution in [3.63, 3.8) is 0 Å². The molecule has 1 aromatic rings. The predicted molar refractivity (Wildman–Crippen MR) is 42.7 cm³/mol. The number of carboxylic acid groups (broad SMARTS) is 1. The van der Waals surface area contributed by atoms with Crippen LogP contribution in [0.3, 0.4) is 0 Å². The highest BCUT2D eigenvalue weighted by atomic mass is 19.3. The smallest absolute Gasteiger partial charge is 0.339 e. The van der Waals surface area contributed by atoms with E-state index in [4.69, 9.17) is 5.11 Å².